The van der Waals surface area contributed by atoms with Crippen LogP contribution in [0.25, 0.3) is 10.9 Å². The maximum Gasteiger partial charge on any atom is 0.0501 e. The van der Waals surface area contributed by atoms with E-state index in [4.69, 9.17) is 0 Å². The average molecular weight is 230 g/mol. The number of hydrogen-bond acceptors (Lipinski definition) is 1. The Balaban J connectivity index is 2.60. The molecule has 0 atom stereocenters. The van der Waals surface area contributed by atoms with Gasteiger partial charge in [0.15, 0.2) is 0 Å². The summed E-state index contributed by atoms with van der Waals surface area (Å²) in [5.74, 6) is 0.550. The minimum absolute atomic E-state index is 0.465. The minimum Gasteiger partial charge on any atom is -0.383 e. The molecule has 0 aliphatic heterocycles. The monoisotopic (exact) mass is 230 g/mol. The van der Waals surface area contributed by atoms with Crippen LogP contribution in [0, 0.1) is 0 Å². The zero-order chi connectivity index (χ0) is 12.6. The standard InChI is InChI=1S/C15H22N2/c1-10(2)14-8-12(16-11(3)4)9-15-13(14)6-7-17(15)5/h6-11,16H,1-5H3. The van der Waals surface area contributed by atoms with E-state index >= 15 is 0 Å². The van der Waals surface area contributed by atoms with Crippen molar-refractivity contribution in [3.8, 4) is 0 Å². The molecule has 0 radical (unpaired) electrons. The van der Waals surface area contributed by atoms with Crippen LogP contribution >= 0.6 is 0 Å². The van der Waals surface area contributed by atoms with Crippen molar-refractivity contribution < 1.29 is 0 Å². The summed E-state index contributed by atoms with van der Waals surface area (Å²) in [6, 6.07) is 7.20. The van der Waals surface area contributed by atoms with Crippen LogP contribution < -0.4 is 5.32 Å². The van der Waals surface area contributed by atoms with Crippen molar-refractivity contribution in [1.82, 2.24) is 4.57 Å². The highest BCUT2D eigenvalue weighted by Gasteiger charge is 2.10. The van der Waals surface area contributed by atoms with Gasteiger partial charge >= 0.3 is 0 Å². The van der Waals surface area contributed by atoms with E-state index in [1.807, 2.05) is 0 Å². The van der Waals surface area contributed by atoms with E-state index in [0.717, 1.165) is 0 Å². The predicted molar refractivity (Wildman–Crippen MR) is 75.8 cm³/mol. The Morgan fingerprint density at radius 3 is 2.41 bits per heavy atom. The molecular formula is C15H22N2. The molecule has 0 saturated heterocycles. The van der Waals surface area contributed by atoms with Gasteiger partial charge in [0.2, 0.25) is 0 Å². The third kappa shape index (κ3) is 2.31. The third-order valence-electron chi connectivity index (χ3n) is 3.11. The molecule has 92 valence electrons. The number of anilines is 1. The fourth-order valence-electron chi connectivity index (χ4n) is 2.29. The van der Waals surface area contributed by atoms with Crippen LogP contribution in [-0.4, -0.2) is 10.6 Å². The van der Waals surface area contributed by atoms with Crippen molar-refractivity contribution >= 4 is 16.6 Å². The zero-order valence-corrected chi connectivity index (χ0v) is 11.4. The average Bonchev–Trinajstić information content (AvgIpc) is 2.59. The summed E-state index contributed by atoms with van der Waals surface area (Å²) in [6.45, 7) is 8.84. The first-order chi connectivity index (χ1) is 7.99. The second-order valence-corrected chi connectivity index (χ2v) is 5.38. The molecule has 1 N–H and O–H groups in total. The molecule has 0 aliphatic carbocycles. The highest BCUT2D eigenvalue weighted by molar-refractivity contribution is 5.87. The van der Waals surface area contributed by atoms with Crippen molar-refractivity contribution in [2.75, 3.05) is 5.32 Å². The second kappa shape index (κ2) is 4.44. The molecule has 0 spiro atoms. The summed E-state index contributed by atoms with van der Waals surface area (Å²) in [5, 5.41) is 4.87. The van der Waals surface area contributed by atoms with Gasteiger partial charge in [-0.05, 0) is 43.5 Å². The molecule has 0 aliphatic rings. The molecule has 0 saturated carbocycles. The van der Waals surface area contributed by atoms with Gasteiger partial charge in [0, 0.05) is 30.4 Å². The summed E-state index contributed by atoms with van der Waals surface area (Å²) < 4.78 is 2.19. The molecule has 0 unspecified atom stereocenters. The van der Waals surface area contributed by atoms with Gasteiger partial charge in [-0.3, -0.25) is 0 Å². The normalized spacial score (nSPS) is 11.7. The Morgan fingerprint density at radius 1 is 1.12 bits per heavy atom. The largest absolute Gasteiger partial charge is 0.383 e. The molecule has 1 aromatic carbocycles. The van der Waals surface area contributed by atoms with Crippen LogP contribution in [0.3, 0.4) is 0 Å². The topological polar surface area (TPSA) is 17.0 Å². The highest BCUT2D eigenvalue weighted by Crippen LogP contribution is 2.30. The van der Waals surface area contributed by atoms with Crippen molar-refractivity contribution in [2.45, 2.75) is 39.7 Å². The maximum absolute atomic E-state index is 3.50. The third-order valence-corrected chi connectivity index (χ3v) is 3.11. The lowest BCUT2D eigenvalue weighted by atomic mass is 9.98. The van der Waals surface area contributed by atoms with Gasteiger partial charge in [-0.2, -0.15) is 0 Å². The second-order valence-electron chi connectivity index (χ2n) is 5.38. The molecule has 0 fully saturated rings. The van der Waals surface area contributed by atoms with E-state index in [0.29, 0.717) is 12.0 Å². The summed E-state index contributed by atoms with van der Waals surface area (Å²) in [7, 11) is 2.10. The summed E-state index contributed by atoms with van der Waals surface area (Å²) in [5.41, 5.74) is 3.95. The number of aryl methyl sites for hydroxylation is 1. The lowest BCUT2D eigenvalue weighted by Gasteiger charge is -2.15. The Labute approximate surface area is 104 Å². The summed E-state index contributed by atoms with van der Waals surface area (Å²) in [6.07, 6.45) is 2.13. The van der Waals surface area contributed by atoms with Gasteiger partial charge in [-0.25, -0.2) is 0 Å². The Hall–Kier alpha value is -1.44. The molecule has 17 heavy (non-hydrogen) atoms. The molecule has 2 nitrogen and oxygen atoms in total. The van der Waals surface area contributed by atoms with Crippen LogP contribution in [0.2, 0.25) is 0 Å². The Kier molecular flexibility index (Phi) is 3.14. The van der Waals surface area contributed by atoms with E-state index in [1.165, 1.54) is 22.2 Å². The summed E-state index contributed by atoms with van der Waals surface area (Å²) >= 11 is 0. The first-order valence-corrected chi connectivity index (χ1v) is 6.34. The Bertz CT molecular complexity index is 521. The number of hydrogen-bond donors (Lipinski definition) is 1. The van der Waals surface area contributed by atoms with E-state index in [2.05, 4.69) is 69.0 Å². The van der Waals surface area contributed by atoms with Crippen molar-refractivity contribution in [3.63, 3.8) is 0 Å². The fourth-order valence-corrected chi connectivity index (χ4v) is 2.29. The van der Waals surface area contributed by atoms with Gasteiger partial charge in [0.1, 0.15) is 0 Å². The molecule has 2 heteroatoms. The van der Waals surface area contributed by atoms with E-state index in [-0.39, 0.29) is 0 Å². The fraction of sp³-hybridized carbons (Fsp3) is 0.467. The lowest BCUT2D eigenvalue weighted by Crippen LogP contribution is -2.10. The first kappa shape index (κ1) is 12.0. The quantitative estimate of drug-likeness (QED) is 0.839. The van der Waals surface area contributed by atoms with E-state index in [1.54, 1.807) is 0 Å². The first-order valence-electron chi connectivity index (χ1n) is 6.34. The molecule has 1 heterocycles. The van der Waals surface area contributed by atoms with Crippen molar-refractivity contribution in [2.24, 2.45) is 7.05 Å². The van der Waals surface area contributed by atoms with Crippen LogP contribution in [-0.2, 0) is 7.05 Å². The maximum atomic E-state index is 3.50. The number of aromatic nitrogens is 1. The van der Waals surface area contributed by atoms with E-state index in [9.17, 15) is 0 Å². The number of nitrogens with one attached hydrogen (secondary N) is 1. The molecular weight excluding hydrogens is 208 g/mol. The summed E-state index contributed by atoms with van der Waals surface area (Å²) in [4.78, 5) is 0. The molecule has 1 aromatic heterocycles. The van der Waals surface area contributed by atoms with Crippen molar-refractivity contribution in [3.05, 3.63) is 30.0 Å². The smallest absolute Gasteiger partial charge is 0.0501 e. The van der Waals surface area contributed by atoms with Gasteiger partial charge in [0.05, 0.1) is 5.52 Å². The Morgan fingerprint density at radius 2 is 1.82 bits per heavy atom. The molecule has 0 bridgehead atoms. The highest BCUT2D eigenvalue weighted by atomic mass is 14.9. The van der Waals surface area contributed by atoms with Crippen molar-refractivity contribution in [1.29, 1.82) is 0 Å². The van der Waals surface area contributed by atoms with Crippen LogP contribution in [0.1, 0.15) is 39.2 Å². The minimum atomic E-state index is 0.465. The van der Waals surface area contributed by atoms with Gasteiger partial charge in [-0.15, -0.1) is 0 Å². The number of fused-ring (bicyclic) bond motifs is 1. The number of benzene rings is 1. The van der Waals surface area contributed by atoms with Crippen LogP contribution in [0.15, 0.2) is 24.4 Å². The van der Waals surface area contributed by atoms with E-state index < -0.39 is 0 Å². The van der Waals surface area contributed by atoms with Crippen LogP contribution in [0.5, 0.6) is 0 Å². The SMILES string of the molecule is CC(C)Nc1cc(C(C)C)c2ccn(C)c2c1. The number of rotatable bonds is 3. The molecule has 0 amide bonds. The molecule has 2 rings (SSSR count). The van der Waals surface area contributed by atoms with Crippen LogP contribution in [0.4, 0.5) is 5.69 Å². The van der Waals surface area contributed by atoms with Gasteiger partial charge < -0.3 is 9.88 Å². The lowest BCUT2D eigenvalue weighted by molar-refractivity contribution is 0.869. The number of nitrogens with zero attached hydrogens (tertiary/aromatic N) is 1. The van der Waals surface area contributed by atoms with Gasteiger partial charge in [-0.1, -0.05) is 13.8 Å². The molecule has 2 aromatic rings. The van der Waals surface area contributed by atoms with Gasteiger partial charge in [0.25, 0.3) is 0 Å². The predicted octanol–water partition coefficient (Wildman–Crippen LogP) is 4.12. The zero-order valence-electron chi connectivity index (χ0n) is 11.4.